The van der Waals surface area contributed by atoms with Crippen LogP contribution in [0.3, 0.4) is 0 Å². The van der Waals surface area contributed by atoms with Gasteiger partial charge >= 0.3 is 0 Å². The molecule has 0 unspecified atom stereocenters. The summed E-state index contributed by atoms with van der Waals surface area (Å²) in [6.45, 7) is 4.49. The van der Waals surface area contributed by atoms with E-state index < -0.39 is 0 Å². The van der Waals surface area contributed by atoms with Gasteiger partial charge in [-0.1, -0.05) is 30.3 Å². The van der Waals surface area contributed by atoms with Gasteiger partial charge in [0.2, 0.25) is 5.91 Å². The number of hydrogen-bond acceptors (Lipinski definition) is 3. The summed E-state index contributed by atoms with van der Waals surface area (Å²) in [5.74, 6) is 1.13. The Labute approximate surface area is 165 Å². The topological polar surface area (TPSA) is 48.6 Å². The number of piperazine rings is 1. The van der Waals surface area contributed by atoms with Crippen molar-refractivity contribution in [1.29, 1.82) is 0 Å². The summed E-state index contributed by atoms with van der Waals surface area (Å²) in [7, 11) is 1.70. The molecule has 1 amide bonds. The Morgan fingerprint density at radius 3 is 2.71 bits per heavy atom. The Balaban J connectivity index is 1.27. The monoisotopic (exact) mass is 377 g/mol. The predicted molar refractivity (Wildman–Crippen MR) is 112 cm³/mol. The maximum atomic E-state index is 12.7. The summed E-state index contributed by atoms with van der Waals surface area (Å²) < 4.78 is 5.30. The van der Waals surface area contributed by atoms with E-state index in [-0.39, 0.29) is 5.91 Å². The zero-order valence-electron chi connectivity index (χ0n) is 16.4. The minimum absolute atomic E-state index is 0.220. The van der Waals surface area contributed by atoms with Crippen molar-refractivity contribution in [3.05, 3.63) is 65.9 Å². The lowest BCUT2D eigenvalue weighted by molar-refractivity contribution is -0.132. The standard InChI is InChI=1S/C23H27N3O2/c1-28-20-6-4-5-18(15-20)9-10-25-11-13-26(14-12-25)23(27)16-19-17-24-22-8-3-2-7-21(19)22/h2-8,15,17,24H,9-14,16H2,1H3. The van der Waals surface area contributed by atoms with E-state index in [0.717, 1.165) is 61.4 Å². The Morgan fingerprint density at radius 2 is 1.89 bits per heavy atom. The molecule has 1 N–H and O–H groups in total. The third-order valence-corrected chi connectivity index (χ3v) is 5.59. The molecule has 0 radical (unpaired) electrons. The largest absolute Gasteiger partial charge is 0.497 e. The molecule has 3 aromatic rings. The van der Waals surface area contributed by atoms with E-state index in [4.69, 9.17) is 4.74 Å². The van der Waals surface area contributed by atoms with Gasteiger partial charge in [0.25, 0.3) is 0 Å². The number of methoxy groups -OCH3 is 1. The normalized spacial score (nSPS) is 15.1. The van der Waals surface area contributed by atoms with E-state index in [9.17, 15) is 4.79 Å². The van der Waals surface area contributed by atoms with Crippen molar-refractivity contribution in [1.82, 2.24) is 14.8 Å². The summed E-state index contributed by atoms with van der Waals surface area (Å²) >= 11 is 0. The van der Waals surface area contributed by atoms with Crippen LogP contribution in [-0.4, -0.2) is 60.5 Å². The molecule has 1 aliphatic heterocycles. The summed E-state index contributed by atoms with van der Waals surface area (Å²) in [6.07, 6.45) is 3.43. The lowest BCUT2D eigenvalue weighted by Crippen LogP contribution is -2.49. The number of ether oxygens (including phenoxy) is 1. The van der Waals surface area contributed by atoms with Crippen LogP contribution in [0.2, 0.25) is 0 Å². The first-order valence-corrected chi connectivity index (χ1v) is 9.91. The van der Waals surface area contributed by atoms with E-state index in [1.165, 1.54) is 5.56 Å². The van der Waals surface area contributed by atoms with Crippen LogP contribution >= 0.6 is 0 Å². The number of aromatic amines is 1. The quantitative estimate of drug-likeness (QED) is 0.718. The van der Waals surface area contributed by atoms with Gasteiger partial charge in [0.15, 0.2) is 0 Å². The number of para-hydroxylation sites is 1. The second kappa shape index (κ2) is 8.48. The molecule has 0 aliphatic carbocycles. The molecule has 146 valence electrons. The highest BCUT2D eigenvalue weighted by Crippen LogP contribution is 2.19. The number of nitrogens with zero attached hydrogens (tertiary/aromatic N) is 2. The molecule has 2 aromatic carbocycles. The molecule has 0 spiro atoms. The maximum Gasteiger partial charge on any atom is 0.227 e. The Kier molecular flexibility index (Phi) is 5.63. The fourth-order valence-electron chi connectivity index (χ4n) is 3.89. The number of aromatic nitrogens is 1. The molecule has 0 atom stereocenters. The second-order valence-electron chi connectivity index (χ2n) is 7.36. The van der Waals surface area contributed by atoms with Crippen molar-refractivity contribution < 1.29 is 9.53 Å². The average molecular weight is 377 g/mol. The van der Waals surface area contributed by atoms with Crippen LogP contribution in [0.5, 0.6) is 5.75 Å². The zero-order valence-corrected chi connectivity index (χ0v) is 16.4. The van der Waals surface area contributed by atoms with Gasteiger partial charge in [0.1, 0.15) is 5.75 Å². The molecule has 28 heavy (non-hydrogen) atoms. The molecular formula is C23H27N3O2. The van der Waals surface area contributed by atoms with E-state index >= 15 is 0 Å². The Hall–Kier alpha value is -2.79. The molecule has 2 heterocycles. The first-order valence-electron chi connectivity index (χ1n) is 9.91. The molecule has 5 heteroatoms. The van der Waals surface area contributed by atoms with Crippen molar-refractivity contribution in [3.8, 4) is 5.75 Å². The van der Waals surface area contributed by atoms with Crippen molar-refractivity contribution >= 4 is 16.8 Å². The molecular weight excluding hydrogens is 350 g/mol. The van der Waals surface area contributed by atoms with Crippen LogP contribution in [0.1, 0.15) is 11.1 Å². The van der Waals surface area contributed by atoms with Gasteiger partial charge in [-0.3, -0.25) is 9.69 Å². The SMILES string of the molecule is COc1cccc(CCN2CCN(C(=O)Cc3c[nH]c4ccccc34)CC2)c1. The van der Waals surface area contributed by atoms with Gasteiger partial charge in [-0.25, -0.2) is 0 Å². The summed E-state index contributed by atoms with van der Waals surface area (Å²) in [5, 5.41) is 1.15. The third kappa shape index (κ3) is 4.20. The molecule has 1 saturated heterocycles. The second-order valence-corrected chi connectivity index (χ2v) is 7.36. The van der Waals surface area contributed by atoms with Gasteiger partial charge in [0.05, 0.1) is 13.5 Å². The van der Waals surface area contributed by atoms with Crippen molar-refractivity contribution in [3.63, 3.8) is 0 Å². The lowest BCUT2D eigenvalue weighted by Gasteiger charge is -2.34. The highest BCUT2D eigenvalue weighted by Gasteiger charge is 2.21. The van der Waals surface area contributed by atoms with E-state index in [1.807, 2.05) is 41.4 Å². The van der Waals surface area contributed by atoms with Crippen molar-refractivity contribution in [2.45, 2.75) is 12.8 Å². The zero-order chi connectivity index (χ0) is 19.3. The molecule has 1 fully saturated rings. The molecule has 5 nitrogen and oxygen atoms in total. The van der Waals surface area contributed by atoms with E-state index in [2.05, 4.69) is 28.1 Å². The highest BCUT2D eigenvalue weighted by molar-refractivity contribution is 5.88. The summed E-state index contributed by atoms with van der Waals surface area (Å²) in [4.78, 5) is 20.4. The Morgan fingerprint density at radius 1 is 1.07 bits per heavy atom. The number of hydrogen-bond donors (Lipinski definition) is 1. The molecule has 1 aromatic heterocycles. The minimum atomic E-state index is 0.220. The van der Waals surface area contributed by atoms with Crippen molar-refractivity contribution in [2.24, 2.45) is 0 Å². The number of amides is 1. The van der Waals surface area contributed by atoms with E-state index in [0.29, 0.717) is 6.42 Å². The smallest absolute Gasteiger partial charge is 0.227 e. The number of nitrogens with one attached hydrogen (secondary N) is 1. The molecule has 1 aliphatic rings. The van der Waals surface area contributed by atoms with Crippen LogP contribution < -0.4 is 4.74 Å². The van der Waals surface area contributed by atoms with E-state index in [1.54, 1.807) is 7.11 Å². The van der Waals surface area contributed by atoms with Gasteiger partial charge in [-0.2, -0.15) is 0 Å². The molecule has 4 rings (SSSR count). The number of H-pyrrole nitrogens is 1. The van der Waals surface area contributed by atoms with Crippen LogP contribution in [0.4, 0.5) is 0 Å². The number of rotatable bonds is 6. The van der Waals surface area contributed by atoms with Gasteiger partial charge in [0, 0.05) is 49.8 Å². The maximum absolute atomic E-state index is 12.7. The number of carbonyl (C=O) groups excluding carboxylic acids is 1. The third-order valence-electron chi connectivity index (χ3n) is 5.59. The fraction of sp³-hybridized carbons (Fsp3) is 0.348. The average Bonchev–Trinajstić information content (AvgIpc) is 3.15. The van der Waals surface area contributed by atoms with Crippen LogP contribution in [0.25, 0.3) is 10.9 Å². The number of fused-ring (bicyclic) bond motifs is 1. The number of carbonyl (C=O) groups is 1. The predicted octanol–water partition coefficient (Wildman–Crippen LogP) is 3.11. The van der Waals surface area contributed by atoms with Crippen LogP contribution in [0.15, 0.2) is 54.7 Å². The first kappa shape index (κ1) is 18.6. The molecule has 0 bridgehead atoms. The number of benzene rings is 2. The van der Waals surface area contributed by atoms with Crippen molar-refractivity contribution in [2.75, 3.05) is 39.8 Å². The first-order chi connectivity index (χ1) is 13.7. The van der Waals surface area contributed by atoms with Gasteiger partial charge < -0.3 is 14.6 Å². The fourth-order valence-corrected chi connectivity index (χ4v) is 3.89. The molecule has 0 saturated carbocycles. The lowest BCUT2D eigenvalue weighted by atomic mass is 10.1. The summed E-state index contributed by atoms with van der Waals surface area (Å²) in [6, 6.07) is 16.4. The van der Waals surface area contributed by atoms with Gasteiger partial charge in [-0.15, -0.1) is 0 Å². The summed E-state index contributed by atoms with van der Waals surface area (Å²) in [5.41, 5.74) is 3.46. The van der Waals surface area contributed by atoms with Gasteiger partial charge in [-0.05, 0) is 35.7 Å². The Bertz CT molecular complexity index is 942. The van der Waals surface area contributed by atoms with Crippen LogP contribution in [0, 0.1) is 0 Å². The minimum Gasteiger partial charge on any atom is -0.497 e. The highest BCUT2D eigenvalue weighted by atomic mass is 16.5. The van der Waals surface area contributed by atoms with Crippen LogP contribution in [-0.2, 0) is 17.6 Å².